The molecule has 166 valence electrons. The zero-order chi connectivity index (χ0) is 22.7. The van der Waals surface area contributed by atoms with E-state index >= 15 is 0 Å². The summed E-state index contributed by atoms with van der Waals surface area (Å²) in [5.41, 5.74) is 2.09. The number of aromatic nitrogens is 2. The Kier molecular flexibility index (Phi) is 5.42. The van der Waals surface area contributed by atoms with Gasteiger partial charge in [0.05, 0.1) is 30.8 Å². The van der Waals surface area contributed by atoms with E-state index in [2.05, 4.69) is 75.7 Å². The number of benzene rings is 3. The fourth-order valence-corrected chi connectivity index (χ4v) is 5.33. The molecular weight excluding hydrogens is 412 g/mol. The van der Waals surface area contributed by atoms with Gasteiger partial charge in [0, 0.05) is 13.6 Å². The van der Waals surface area contributed by atoms with Crippen LogP contribution in [-0.4, -0.2) is 48.6 Å². The smallest absolute Gasteiger partial charge is 0.213 e. The number of rotatable bonds is 6. The van der Waals surface area contributed by atoms with Crippen LogP contribution < -0.4 is 4.74 Å². The summed E-state index contributed by atoms with van der Waals surface area (Å²) in [5.74, 6) is 1.44. The first-order valence-corrected chi connectivity index (χ1v) is 10.9. The average molecular weight is 439 g/mol. The third-order valence-corrected chi connectivity index (χ3v) is 6.60. The Morgan fingerprint density at radius 1 is 0.879 bits per heavy atom. The SMILES string of the molecule is COc1ccc(C(c2ccccc2)(c2ccccc2)C2(c3ncon3)CN=CN(C)C2)cc1. The number of hydrogen-bond acceptors (Lipinski definition) is 6. The summed E-state index contributed by atoms with van der Waals surface area (Å²) in [6.07, 6.45) is 3.29. The minimum absolute atomic E-state index is 0.507. The lowest BCUT2D eigenvalue weighted by molar-refractivity contribution is 0.216. The number of likely N-dealkylation sites (N-methyl/N-ethyl adjacent to an activating group) is 1. The molecule has 1 aliphatic rings. The summed E-state index contributed by atoms with van der Waals surface area (Å²) in [6, 6.07) is 29.4. The van der Waals surface area contributed by atoms with Crippen LogP contribution in [-0.2, 0) is 10.8 Å². The van der Waals surface area contributed by atoms with Crippen LogP contribution in [0, 0.1) is 0 Å². The largest absolute Gasteiger partial charge is 0.497 e. The predicted molar refractivity (Wildman–Crippen MR) is 128 cm³/mol. The van der Waals surface area contributed by atoms with Crippen molar-refractivity contribution >= 4 is 6.34 Å². The van der Waals surface area contributed by atoms with Gasteiger partial charge in [-0.15, -0.1) is 0 Å². The zero-order valence-corrected chi connectivity index (χ0v) is 18.8. The Bertz CT molecular complexity index is 1170. The summed E-state index contributed by atoms with van der Waals surface area (Å²) < 4.78 is 10.8. The van der Waals surface area contributed by atoms with Crippen LogP contribution in [0.1, 0.15) is 22.5 Å². The van der Waals surface area contributed by atoms with Crippen molar-refractivity contribution in [2.24, 2.45) is 4.99 Å². The lowest BCUT2D eigenvalue weighted by atomic mass is 9.52. The maximum atomic E-state index is 5.48. The van der Waals surface area contributed by atoms with Gasteiger partial charge in [-0.3, -0.25) is 4.99 Å². The molecule has 0 spiro atoms. The Labute approximate surface area is 193 Å². The standard InChI is InChI=1S/C27H26N4O2/c1-31-18-26(17-28-19-31,25-29-20-33-30-25)27(21-9-5-3-6-10-21,22-11-7-4-8-12-22)23-13-15-24(32-2)16-14-23/h3-16,19-20H,17-18H2,1-2H3. The maximum absolute atomic E-state index is 5.48. The molecule has 0 radical (unpaired) electrons. The number of nitrogens with zero attached hydrogens (tertiary/aromatic N) is 4. The van der Waals surface area contributed by atoms with Gasteiger partial charge >= 0.3 is 0 Å². The summed E-state index contributed by atoms with van der Waals surface area (Å²) in [5, 5.41) is 4.41. The molecule has 0 fully saturated rings. The molecule has 0 N–H and O–H groups in total. The third-order valence-electron chi connectivity index (χ3n) is 6.60. The van der Waals surface area contributed by atoms with Crippen molar-refractivity contribution in [2.45, 2.75) is 10.8 Å². The minimum Gasteiger partial charge on any atom is -0.497 e. The Morgan fingerprint density at radius 2 is 1.48 bits per heavy atom. The van der Waals surface area contributed by atoms with Gasteiger partial charge in [-0.05, 0) is 28.8 Å². The van der Waals surface area contributed by atoms with Gasteiger partial charge in [-0.2, -0.15) is 4.98 Å². The first kappa shape index (κ1) is 20.9. The molecule has 6 heteroatoms. The van der Waals surface area contributed by atoms with E-state index in [4.69, 9.17) is 14.3 Å². The van der Waals surface area contributed by atoms with E-state index in [1.807, 2.05) is 37.7 Å². The molecule has 0 aliphatic carbocycles. The molecule has 0 bridgehead atoms. The van der Waals surface area contributed by atoms with E-state index in [9.17, 15) is 0 Å². The van der Waals surface area contributed by atoms with Crippen LogP contribution in [0.25, 0.3) is 0 Å². The van der Waals surface area contributed by atoms with Crippen LogP contribution in [0.3, 0.4) is 0 Å². The van der Waals surface area contributed by atoms with Gasteiger partial charge in [-0.25, -0.2) is 0 Å². The van der Waals surface area contributed by atoms with Gasteiger partial charge < -0.3 is 14.2 Å². The molecule has 1 aliphatic heterocycles. The van der Waals surface area contributed by atoms with Crippen LogP contribution >= 0.6 is 0 Å². The molecule has 5 rings (SSSR count). The second kappa shape index (κ2) is 8.54. The molecule has 1 unspecified atom stereocenters. The summed E-state index contributed by atoms with van der Waals surface area (Å²) in [4.78, 5) is 11.5. The van der Waals surface area contributed by atoms with Crippen molar-refractivity contribution in [2.75, 3.05) is 27.2 Å². The number of ether oxygens (including phenoxy) is 1. The molecule has 0 amide bonds. The number of aliphatic imine (C=N–C) groups is 1. The van der Waals surface area contributed by atoms with Crippen LogP contribution in [0.15, 0.2) is 101 Å². The Hall–Kier alpha value is -3.93. The first-order valence-electron chi connectivity index (χ1n) is 10.9. The molecule has 3 aromatic carbocycles. The van der Waals surface area contributed by atoms with Crippen LogP contribution in [0.5, 0.6) is 5.75 Å². The van der Waals surface area contributed by atoms with Crippen LogP contribution in [0.2, 0.25) is 0 Å². The first-order chi connectivity index (χ1) is 16.2. The molecule has 4 aromatic rings. The van der Waals surface area contributed by atoms with E-state index in [0.717, 1.165) is 22.4 Å². The third kappa shape index (κ3) is 3.30. The van der Waals surface area contributed by atoms with Gasteiger partial charge in [0.15, 0.2) is 5.82 Å². The fraction of sp³-hybridized carbons (Fsp3) is 0.222. The van der Waals surface area contributed by atoms with E-state index in [-0.39, 0.29) is 0 Å². The second-order valence-corrected chi connectivity index (χ2v) is 8.42. The summed E-state index contributed by atoms with van der Waals surface area (Å²) >= 11 is 0. The van der Waals surface area contributed by atoms with Gasteiger partial charge in [0.25, 0.3) is 0 Å². The van der Waals surface area contributed by atoms with Gasteiger partial charge in [0.1, 0.15) is 5.75 Å². The highest BCUT2D eigenvalue weighted by atomic mass is 16.5. The summed E-state index contributed by atoms with van der Waals surface area (Å²) in [7, 11) is 3.72. The molecule has 1 atom stereocenters. The van der Waals surface area contributed by atoms with Crippen LogP contribution in [0.4, 0.5) is 0 Å². The van der Waals surface area contributed by atoms with Gasteiger partial charge in [0.2, 0.25) is 6.39 Å². The lowest BCUT2D eigenvalue weighted by Gasteiger charge is -2.52. The topological polar surface area (TPSA) is 63.8 Å². The maximum Gasteiger partial charge on any atom is 0.213 e. The molecule has 0 saturated heterocycles. The number of hydrogen-bond donors (Lipinski definition) is 0. The van der Waals surface area contributed by atoms with Crippen molar-refractivity contribution in [1.29, 1.82) is 0 Å². The van der Waals surface area contributed by atoms with E-state index in [0.29, 0.717) is 18.9 Å². The van der Waals surface area contributed by atoms with Crippen molar-refractivity contribution in [1.82, 2.24) is 15.0 Å². The highest BCUT2D eigenvalue weighted by Gasteiger charge is 2.59. The number of methoxy groups -OCH3 is 1. The van der Waals surface area contributed by atoms with Gasteiger partial charge in [-0.1, -0.05) is 78.0 Å². The fourth-order valence-electron chi connectivity index (χ4n) is 5.33. The molecular formula is C27H26N4O2. The Balaban J connectivity index is 1.93. The highest BCUT2D eigenvalue weighted by Crippen LogP contribution is 2.54. The second-order valence-electron chi connectivity index (χ2n) is 8.42. The zero-order valence-electron chi connectivity index (χ0n) is 18.8. The molecule has 1 aromatic heterocycles. The summed E-state index contributed by atoms with van der Waals surface area (Å²) in [6.45, 7) is 1.17. The average Bonchev–Trinajstić information content (AvgIpc) is 3.42. The molecule has 33 heavy (non-hydrogen) atoms. The normalized spacial score (nSPS) is 18.3. The van der Waals surface area contributed by atoms with E-state index < -0.39 is 10.8 Å². The van der Waals surface area contributed by atoms with Crippen molar-refractivity contribution in [3.8, 4) is 5.75 Å². The predicted octanol–water partition coefficient (Wildman–Crippen LogP) is 4.32. The highest BCUT2D eigenvalue weighted by molar-refractivity contribution is 5.62. The Morgan fingerprint density at radius 3 is 2.00 bits per heavy atom. The minimum atomic E-state index is -0.655. The monoisotopic (exact) mass is 438 g/mol. The van der Waals surface area contributed by atoms with Crippen molar-refractivity contribution < 1.29 is 9.26 Å². The van der Waals surface area contributed by atoms with E-state index in [1.54, 1.807) is 7.11 Å². The van der Waals surface area contributed by atoms with E-state index in [1.165, 1.54) is 6.39 Å². The molecule has 6 nitrogen and oxygen atoms in total. The molecule has 2 heterocycles. The lowest BCUT2D eigenvalue weighted by Crippen LogP contribution is -2.60. The molecule has 0 saturated carbocycles. The van der Waals surface area contributed by atoms with Crippen molar-refractivity contribution in [3.63, 3.8) is 0 Å². The van der Waals surface area contributed by atoms with Crippen molar-refractivity contribution in [3.05, 3.63) is 114 Å². The quantitative estimate of drug-likeness (QED) is 0.420.